The molecule has 0 saturated heterocycles. The molecule has 0 radical (unpaired) electrons. The number of hydrogen-bond donors (Lipinski definition) is 1. The highest BCUT2D eigenvalue weighted by atomic mass is 35.5. The van der Waals surface area contributed by atoms with Crippen LogP contribution in [0, 0.1) is 12.7 Å². The van der Waals surface area contributed by atoms with Crippen LogP contribution < -0.4 is 15.6 Å². The van der Waals surface area contributed by atoms with Gasteiger partial charge in [0.1, 0.15) is 17.3 Å². The van der Waals surface area contributed by atoms with Crippen molar-refractivity contribution in [1.29, 1.82) is 0 Å². The molecule has 188 valence electrons. The summed E-state index contributed by atoms with van der Waals surface area (Å²) in [4.78, 5) is 25.7. The standard InChI is InChI=1S/C24H24ClFN6O3S/c1-14-21(23(34)32(31(14)4)17-8-6-5-7-9-17)27-20(33)13-36-24-29-28-22(30(24)3)15(2)35-19-11-10-16(26)12-18(19)25/h5-12,15H,13H2,1-4H3,(H,27,33). The van der Waals surface area contributed by atoms with Crippen molar-refractivity contribution in [3.63, 3.8) is 0 Å². The highest BCUT2D eigenvalue weighted by Crippen LogP contribution is 2.30. The fraction of sp³-hybridized carbons (Fsp3) is 0.250. The molecule has 1 atom stereocenters. The van der Waals surface area contributed by atoms with Gasteiger partial charge in [-0.15, -0.1) is 10.2 Å². The lowest BCUT2D eigenvalue weighted by Crippen LogP contribution is -2.23. The minimum Gasteiger partial charge on any atom is -0.481 e. The third-order valence-corrected chi connectivity index (χ3v) is 6.90. The number of para-hydroxylation sites is 1. The topological polar surface area (TPSA) is 96.0 Å². The van der Waals surface area contributed by atoms with E-state index in [0.717, 1.165) is 0 Å². The zero-order valence-electron chi connectivity index (χ0n) is 20.0. The van der Waals surface area contributed by atoms with Crippen LogP contribution in [-0.4, -0.2) is 35.8 Å². The molecule has 9 nitrogen and oxygen atoms in total. The largest absolute Gasteiger partial charge is 0.481 e. The molecule has 1 amide bonds. The van der Waals surface area contributed by atoms with Crippen molar-refractivity contribution in [2.24, 2.45) is 14.1 Å². The van der Waals surface area contributed by atoms with Crippen molar-refractivity contribution in [2.45, 2.75) is 25.1 Å². The van der Waals surface area contributed by atoms with Gasteiger partial charge in [-0.3, -0.25) is 14.3 Å². The van der Waals surface area contributed by atoms with Gasteiger partial charge in [0.2, 0.25) is 5.91 Å². The van der Waals surface area contributed by atoms with Gasteiger partial charge >= 0.3 is 0 Å². The van der Waals surface area contributed by atoms with E-state index in [1.165, 1.54) is 34.6 Å². The molecule has 0 saturated carbocycles. The summed E-state index contributed by atoms with van der Waals surface area (Å²) in [7, 11) is 3.51. The minimum absolute atomic E-state index is 0.0180. The van der Waals surface area contributed by atoms with Crippen molar-refractivity contribution in [2.75, 3.05) is 11.1 Å². The number of hydrogen-bond acceptors (Lipinski definition) is 6. The SMILES string of the molecule is Cc1c(NC(=O)CSc2nnc(C(C)Oc3ccc(F)cc3Cl)n2C)c(=O)n(-c2ccccc2)n1C. The molecule has 0 aliphatic heterocycles. The maximum absolute atomic E-state index is 13.3. The van der Waals surface area contributed by atoms with E-state index in [-0.39, 0.29) is 27.9 Å². The lowest BCUT2D eigenvalue weighted by Gasteiger charge is -2.15. The summed E-state index contributed by atoms with van der Waals surface area (Å²) in [6, 6.07) is 13.1. The highest BCUT2D eigenvalue weighted by molar-refractivity contribution is 7.99. The van der Waals surface area contributed by atoms with E-state index in [0.29, 0.717) is 28.1 Å². The first-order chi connectivity index (χ1) is 17.2. The highest BCUT2D eigenvalue weighted by Gasteiger charge is 2.21. The summed E-state index contributed by atoms with van der Waals surface area (Å²) in [6.07, 6.45) is -0.531. The predicted molar refractivity (Wildman–Crippen MR) is 137 cm³/mol. The molecule has 12 heteroatoms. The quantitative estimate of drug-likeness (QED) is 0.342. The van der Waals surface area contributed by atoms with Crippen LogP contribution >= 0.6 is 23.4 Å². The van der Waals surface area contributed by atoms with Gasteiger partial charge in [0.25, 0.3) is 5.56 Å². The average Bonchev–Trinajstić information content (AvgIpc) is 3.32. The van der Waals surface area contributed by atoms with E-state index < -0.39 is 11.9 Å². The molecule has 2 heterocycles. The molecule has 0 aliphatic rings. The van der Waals surface area contributed by atoms with E-state index in [1.807, 2.05) is 30.3 Å². The molecular formula is C24H24ClFN6O3S. The summed E-state index contributed by atoms with van der Waals surface area (Å²) < 4.78 is 24.0. The Morgan fingerprint density at radius 1 is 1.19 bits per heavy atom. The van der Waals surface area contributed by atoms with Crippen LogP contribution in [0.15, 0.2) is 58.5 Å². The zero-order valence-corrected chi connectivity index (χ0v) is 21.6. The van der Waals surface area contributed by atoms with Crippen LogP contribution in [0.25, 0.3) is 5.69 Å². The van der Waals surface area contributed by atoms with Crippen molar-refractivity contribution < 1.29 is 13.9 Å². The van der Waals surface area contributed by atoms with Gasteiger partial charge in [-0.25, -0.2) is 9.07 Å². The molecule has 2 aromatic heterocycles. The van der Waals surface area contributed by atoms with Gasteiger partial charge in [-0.2, -0.15) is 0 Å². The van der Waals surface area contributed by atoms with E-state index >= 15 is 0 Å². The molecule has 4 rings (SSSR count). The van der Waals surface area contributed by atoms with Crippen LogP contribution in [0.3, 0.4) is 0 Å². The summed E-state index contributed by atoms with van der Waals surface area (Å²) in [6.45, 7) is 3.54. The number of nitrogens with zero attached hydrogens (tertiary/aromatic N) is 5. The van der Waals surface area contributed by atoms with Gasteiger partial charge in [-0.1, -0.05) is 41.6 Å². The van der Waals surface area contributed by atoms with Crippen molar-refractivity contribution >= 4 is 35.0 Å². The van der Waals surface area contributed by atoms with E-state index in [9.17, 15) is 14.0 Å². The molecule has 0 spiro atoms. The number of benzene rings is 2. The first-order valence-corrected chi connectivity index (χ1v) is 12.3. The number of ether oxygens (including phenoxy) is 1. The monoisotopic (exact) mass is 530 g/mol. The van der Waals surface area contributed by atoms with E-state index in [4.69, 9.17) is 16.3 Å². The Balaban J connectivity index is 1.42. The van der Waals surface area contributed by atoms with Crippen LogP contribution in [0.2, 0.25) is 5.02 Å². The number of carbonyl (C=O) groups is 1. The molecule has 4 aromatic rings. The number of nitrogens with one attached hydrogen (secondary N) is 1. The Morgan fingerprint density at radius 2 is 1.92 bits per heavy atom. The number of halogens is 2. The zero-order chi connectivity index (χ0) is 26.0. The molecule has 1 N–H and O–H groups in total. The smallest absolute Gasteiger partial charge is 0.295 e. The Labute approximate surface area is 215 Å². The molecule has 2 aromatic carbocycles. The summed E-state index contributed by atoms with van der Waals surface area (Å²) in [5.41, 5.74) is 1.25. The Morgan fingerprint density at radius 3 is 2.61 bits per heavy atom. The number of rotatable bonds is 8. The van der Waals surface area contributed by atoms with Crippen molar-refractivity contribution in [3.05, 3.63) is 81.2 Å². The normalized spacial score (nSPS) is 11.9. The fourth-order valence-corrected chi connectivity index (χ4v) is 4.57. The van der Waals surface area contributed by atoms with Crippen LogP contribution in [-0.2, 0) is 18.9 Å². The van der Waals surface area contributed by atoms with Crippen molar-refractivity contribution in [1.82, 2.24) is 24.1 Å². The predicted octanol–water partition coefficient (Wildman–Crippen LogP) is 4.28. The maximum atomic E-state index is 13.3. The number of thioether (sulfide) groups is 1. The molecule has 0 aliphatic carbocycles. The summed E-state index contributed by atoms with van der Waals surface area (Å²) in [5.74, 6) is 0.0344. The second-order valence-electron chi connectivity index (χ2n) is 8.01. The molecule has 36 heavy (non-hydrogen) atoms. The van der Waals surface area contributed by atoms with Crippen LogP contribution in [0.4, 0.5) is 10.1 Å². The molecule has 0 fully saturated rings. The second kappa shape index (κ2) is 10.6. The van der Waals surface area contributed by atoms with E-state index in [1.54, 1.807) is 37.2 Å². The number of carbonyl (C=O) groups excluding carboxylic acids is 1. The van der Waals surface area contributed by atoms with Gasteiger partial charge < -0.3 is 14.6 Å². The van der Waals surface area contributed by atoms with Gasteiger partial charge in [0.15, 0.2) is 17.1 Å². The first-order valence-electron chi connectivity index (χ1n) is 10.9. The molecule has 0 bridgehead atoms. The van der Waals surface area contributed by atoms with Crippen molar-refractivity contribution in [3.8, 4) is 11.4 Å². The summed E-state index contributed by atoms with van der Waals surface area (Å²) >= 11 is 7.22. The minimum atomic E-state index is -0.531. The van der Waals surface area contributed by atoms with Gasteiger partial charge in [0.05, 0.1) is 22.2 Å². The number of anilines is 1. The van der Waals surface area contributed by atoms with Crippen LogP contribution in [0.5, 0.6) is 5.75 Å². The lowest BCUT2D eigenvalue weighted by molar-refractivity contribution is -0.113. The van der Waals surface area contributed by atoms with E-state index in [2.05, 4.69) is 15.5 Å². The maximum Gasteiger partial charge on any atom is 0.295 e. The lowest BCUT2D eigenvalue weighted by atomic mass is 10.3. The Kier molecular flexibility index (Phi) is 7.51. The Hall–Kier alpha value is -3.57. The third-order valence-electron chi connectivity index (χ3n) is 5.58. The molecular weight excluding hydrogens is 507 g/mol. The fourth-order valence-electron chi connectivity index (χ4n) is 3.64. The average molecular weight is 531 g/mol. The number of amides is 1. The Bertz CT molecular complexity index is 1470. The molecule has 1 unspecified atom stereocenters. The van der Waals surface area contributed by atoms with Crippen LogP contribution in [0.1, 0.15) is 24.5 Å². The van der Waals surface area contributed by atoms with Gasteiger partial charge in [-0.05, 0) is 44.2 Å². The number of aromatic nitrogens is 5. The first kappa shape index (κ1) is 25.5. The summed E-state index contributed by atoms with van der Waals surface area (Å²) in [5, 5.41) is 11.7. The van der Waals surface area contributed by atoms with Gasteiger partial charge in [0, 0.05) is 14.1 Å². The second-order valence-corrected chi connectivity index (χ2v) is 9.36. The third kappa shape index (κ3) is 5.17.